The summed E-state index contributed by atoms with van der Waals surface area (Å²) in [6, 6.07) is 11.9. The molecule has 138 valence electrons. The minimum atomic E-state index is 0.376. The van der Waals surface area contributed by atoms with E-state index in [1.165, 1.54) is 0 Å². The van der Waals surface area contributed by atoms with Gasteiger partial charge in [0.2, 0.25) is 0 Å². The number of ether oxygens (including phenoxy) is 1. The Labute approximate surface area is 165 Å². The fourth-order valence-corrected chi connectivity index (χ4v) is 4.19. The van der Waals surface area contributed by atoms with Crippen molar-refractivity contribution in [2.45, 2.75) is 32.7 Å². The van der Waals surface area contributed by atoms with Crippen LogP contribution in [-0.4, -0.2) is 26.2 Å². The molecule has 0 aromatic heterocycles. The number of aliphatic imine (C=N–C) groups is 1. The van der Waals surface area contributed by atoms with E-state index in [1.807, 2.05) is 24.3 Å². The van der Waals surface area contributed by atoms with Crippen molar-refractivity contribution in [3.63, 3.8) is 0 Å². The summed E-state index contributed by atoms with van der Waals surface area (Å²) in [5, 5.41) is 4.63. The monoisotopic (exact) mass is 392 g/mol. The van der Waals surface area contributed by atoms with E-state index in [2.05, 4.69) is 32.3 Å². The van der Waals surface area contributed by atoms with E-state index in [9.17, 15) is 0 Å². The van der Waals surface area contributed by atoms with E-state index in [4.69, 9.17) is 32.9 Å². The number of benzene rings is 2. The third-order valence-electron chi connectivity index (χ3n) is 5.21. The molecule has 1 heterocycles. The molecule has 0 saturated carbocycles. The van der Waals surface area contributed by atoms with Crippen LogP contribution in [0, 0.1) is 0 Å². The van der Waals surface area contributed by atoms with Crippen LogP contribution >= 0.6 is 23.2 Å². The second-order valence-corrected chi connectivity index (χ2v) is 7.40. The Kier molecular flexibility index (Phi) is 5.47. The van der Waals surface area contributed by atoms with E-state index in [1.54, 1.807) is 13.2 Å². The van der Waals surface area contributed by atoms with Crippen molar-refractivity contribution < 1.29 is 4.74 Å². The van der Waals surface area contributed by atoms with Crippen LogP contribution < -0.4 is 14.5 Å². The number of hydrogen-bond acceptors (Lipinski definition) is 3. The third-order valence-corrected chi connectivity index (χ3v) is 5.75. The largest absolute Gasteiger partial charge is 0.494 e. The number of hydrogen-bond donors (Lipinski definition) is 1. The zero-order valence-corrected chi connectivity index (χ0v) is 17.0. The Balaban J connectivity index is 2.12. The Morgan fingerprint density at radius 2 is 1.88 bits per heavy atom. The maximum absolute atomic E-state index is 6.38. The van der Waals surface area contributed by atoms with Crippen LogP contribution in [0.4, 0.5) is 17.1 Å². The average molecular weight is 393 g/mol. The summed E-state index contributed by atoms with van der Waals surface area (Å²) in [4.78, 5) is 4.91. The van der Waals surface area contributed by atoms with Crippen LogP contribution in [0.1, 0.15) is 26.7 Å². The summed E-state index contributed by atoms with van der Waals surface area (Å²) >= 11 is 12.4. The van der Waals surface area contributed by atoms with E-state index in [0.717, 1.165) is 41.6 Å². The third kappa shape index (κ3) is 3.07. The molecule has 6 heteroatoms. The van der Waals surface area contributed by atoms with Gasteiger partial charge in [0.05, 0.1) is 24.9 Å². The zero-order chi connectivity index (χ0) is 18.9. The molecular formula is C20H24Cl2N3O+. The first-order valence-electron chi connectivity index (χ1n) is 8.80. The molecule has 0 radical (unpaired) electrons. The molecule has 0 aliphatic carbocycles. The molecule has 26 heavy (non-hydrogen) atoms. The highest BCUT2D eigenvalue weighted by molar-refractivity contribution is 6.36. The lowest BCUT2D eigenvalue weighted by Crippen LogP contribution is -2.58. The topological polar surface area (TPSA) is 33.6 Å². The number of anilines is 1. The highest BCUT2D eigenvalue weighted by Crippen LogP contribution is 2.48. The van der Waals surface area contributed by atoms with Gasteiger partial charge < -0.3 is 4.74 Å². The first-order chi connectivity index (χ1) is 12.4. The van der Waals surface area contributed by atoms with Crippen molar-refractivity contribution in [3.8, 4) is 5.75 Å². The lowest BCUT2D eigenvalue weighted by Gasteiger charge is -2.37. The molecular weight excluding hydrogens is 369 g/mol. The van der Waals surface area contributed by atoms with Crippen molar-refractivity contribution in [3.05, 3.63) is 46.4 Å². The van der Waals surface area contributed by atoms with Crippen LogP contribution in [0.2, 0.25) is 10.0 Å². The van der Waals surface area contributed by atoms with Gasteiger partial charge in [-0.2, -0.15) is 4.99 Å². The SMILES string of the molecule is CCC(CC)[N+]1(C)C(Nc2ccc(Cl)cc2Cl)=Nc2c(OC)cccc21. The minimum absolute atomic E-state index is 0.376. The maximum atomic E-state index is 6.38. The van der Waals surface area contributed by atoms with Crippen molar-refractivity contribution in [2.75, 3.05) is 19.5 Å². The van der Waals surface area contributed by atoms with E-state index in [0.29, 0.717) is 20.6 Å². The fourth-order valence-electron chi connectivity index (χ4n) is 3.73. The van der Waals surface area contributed by atoms with Crippen LogP contribution in [0.3, 0.4) is 0 Å². The lowest BCUT2D eigenvalue weighted by molar-refractivity contribution is 0.345. The normalized spacial score (nSPS) is 18.7. The molecule has 2 aromatic rings. The maximum Gasteiger partial charge on any atom is 0.313 e. The summed E-state index contributed by atoms with van der Waals surface area (Å²) < 4.78 is 6.13. The van der Waals surface area contributed by atoms with E-state index in [-0.39, 0.29) is 0 Å². The second kappa shape index (κ2) is 7.47. The molecule has 1 unspecified atom stereocenters. The number of nitrogens with one attached hydrogen (secondary N) is 1. The van der Waals surface area contributed by atoms with Crippen LogP contribution in [0.15, 0.2) is 41.4 Å². The number of para-hydroxylation sites is 1. The Bertz CT molecular complexity index is 849. The molecule has 1 atom stereocenters. The predicted molar refractivity (Wildman–Crippen MR) is 112 cm³/mol. The molecule has 0 bridgehead atoms. The smallest absolute Gasteiger partial charge is 0.313 e. The lowest BCUT2D eigenvalue weighted by atomic mass is 10.1. The molecule has 0 amide bonds. The number of nitrogens with zero attached hydrogens (tertiary/aromatic N) is 2. The molecule has 1 aliphatic heterocycles. The van der Waals surface area contributed by atoms with Crippen LogP contribution in [0.25, 0.3) is 0 Å². The van der Waals surface area contributed by atoms with Crippen molar-refractivity contribution in [2.24, 2.45) is 4.99 Å². The molecule has 1 aliphatic rings. The van der Waals surface area contributed by atoms with Gasteiger partial charge in [0, 0.05) is 11.1 Å². The molecule has 1 N–H and O–H groups in total. The summed E-state index contributed by atoms with van der Waals surface area (Å²) in [6.07, 6.45) is 2.05. The number of methoxy groups -OCH3 is 1. The number of halogens is 2. The van der Waals surface area contributed by atoms with Gasteiger partial charge in [-0.3, -0.25) is 5.32 Å². The standard InChI is InChI=1S/C20H24Cl2N3O/c1-5-14(6-2)25(3)17-8-7-9-18(26-4)19(17)24-20(25)23-16-11-10-13(21)12-15(16)22/h7-12,14H,5-6H2,1-4H3,(H,23,24)/q+1. The van der Waals surface area contributed by atoms with Gasteiger partial charge in [-0.15, -0.1) is 0 Å². The fraction of sp³-hybridized carbons (Fsp3) is 0.350. The Hall–Kier alpha value is -1.75. The van der Waals surface area contributed by atoms with E-state index >= 15 is 0 Å². The van der Waals surface area contributed by atoms with Crippen LogP contribution in [0.5, 0.6) is 5.75 Å². The Morgan fingerprint density at radius 1 is 1.15 bits per heavy atom. The molecule has 0 spiro atoms. The first kappa shape index (κ1) is 19.0. The van der Waals surface area contributed by atoms with Gasteiger partial charge in [0.25, 0.3) is 0 Å². The summed E-state index contributed by atoms with van der Waals surface area (Å²) in [7, 11) is 3.87. The van der Waals surface area contributed by atoms with Crippen molar-refractivity contribution in [1.29, 1.82) is 0 Å². The van der Waals surface area contributed by atoms with Crippen LogP contribution in [-0.2, 0) is 0 Å². The molecule has 0 fully saturated rings. The molecule has 2 aromatic carbocycles. The van der Waals surface area contributed by atoms with Gasteiger partial charge in [-0.05, 0) is 37.1 Å². The van der Waals surface area contributed by atoms with Gasteiger partial charge in [0.15, 0.2) is 17.1 Å². The summed E-state index contributed by atoms with van der Waals surface area (Å²) in [5.41, 5.74) is 2.79. The number of fused-ring (bicyclic) bond motifs is 1. The first-order valence-corrected chi connectivity index (χ1v) is 9.56. The van der Waals surface area contributed by atoms with Gasteiger partial charge >= 0.3 is 5.96 Å². The summed E-state index contributed by atoms with van der Waals surface area (Å²) in [6.45, 7) is 4.42. The van der Waals surface area contributed by atoms with E-state index < -0.39 is 0 Å². The van der Waals surface area contributed by atoms with Crippen molar-refractivity contribution >= 4 is 46.2 Å². The van der Waals surface area contributed by atoms with Gasteiger partial charge in [0.1, 0.15) is 6.04 Å². The van der Waals surface area contributed by atoms with Gasteiger partial charge in [-0.25, -0.2) is 4.48 Å². The zero-order valence-electron chi connectivity index (χ0n) is 15.5. The van der Waals surface area contributed by atoms with Gasteiger partial charge in [-0.1, -0.05) is 43.1 Å². The second-order valence-electron chi connectivity index (χ2n) is 6.56. The predicted octanol–water partition coefficient (Wildman–Crippen LogP) is 6.24. The molecule has 0 saturated heterocycles. The molecule has 4 nitrogen and oxygen atoms in total. The highest BCUT2D eigenvalue weighted by Gasteiger charge is 2.46. The van der Waals surface area contributed by atoms with Crippen molar-refractivity contribution in [1.82, 2.24) is 4.48 Å². The minimum Gasteiger partial charge on any atom is -0.494 e. The molecule has 3 rings (SSSR count). The highest BCUT2D eigenvalue weighted by atomic mass is 35.5. The number of guanidine groups is 1. The quantitative estimate of drug-likeness (QED) is 0.610. The number of quaternary nitrogens is 1. The summed E-state index contributed by atoms with van der Waals surface area (Å²) in [5.74, 6) is 1.61. The Morgan fingerprint density at radius 3 is 2.50 bits per heavy atom. The average Bonchev–Trinajstić information content (AvgIpc) is 2.91. The number of rotatable bonds is 5.